The molecule has 2 heterocycles. The second-order valence-electron chi connectivity index (χ2n) is 7.95. The molecule has 176 valence electrons. The average Bonchev–Trinajstić information content (AvgIpc) is 3.28. The van der Waals surface area contributed by atoms with Gasteiger partial charge in [-0.2, -0.15) is 4.31 Å². The maximum absolute atomic E-state index is 13.0. The summed E-state index contributed by atoms with van der Waals surface area (Å²) in [5, 5.41) is 9.64. The fourth-order valence-corrected chi connectivity index (χ4v) is 6.15. The summed E-state index contributed by atoms with van der Waals surface area (Å²) >= 11 is 1.54. The molecule has 3 aromatic rings. The van der Waals surface area contributed by atoms with E-state index < -0.39 is 10.0 Å². The van der Waals surface area contributed by atoms with Crippen molar-refractivity contribution in [3.05, 3.63) is 54.1 Å². The molecule has 0 atom stereocenters. The van der Waals surface area contributed by atoms with Crippen LogP contribution in [0.25, 0.3) is 11.4 Å². The van der Waals surface area contributed by atoms with E-state index in [2.05, 4.69) is 28.6 Å². The number of nitrogens with zero attached hydrogens (tertiary/aromatic N) is 4. The van der Waals surface area contributed by atoms with Crippen LogP contribution in [0.15, 0.2) is 58.6 Å². The van der Waals surface area contributed by atoms with Gasteiger partial charge in [0, 0.05) is 30.4 Å². The third-order valence-electron chi connectivity index (χ3n) is 5.40. The molecule has 0 N–H and O–H groups in total. The average molecular weight is 489 g/mol. The Kier molecular flexibility index (Phi) is 7.38. The monoisotopic (exact) mass is 488 g/mol. The number of thioether (sulfide) groups is 1. The minimum atomic E-state index is -3.53. The van der Waals surface area contributed by atoms with Crippen LogP contribution in [0, 0.1) is 0 Å². The van der Waals surface area contributed by atoms with Crippen LogP contribution in [0.4, 0.5) is 0 Å². The zero-order chi connectivity index (χ0) is 23.4. The van der Waals surface area contributed by atoms with Crippen LogP contribution in [0.5, 0.6) is 5.75 Å². The number of ether oxygens (including phenoxy) is 2. The Bertz CT molecular complexity index is 1190. The largest absolute Gasteiger partial charge is 0.497 e. The first kappa shape index (κ1) is 23.7. The molecule has 33 heavy (non-hydrogen) atoms. The molecule has 0 bridgehead atoms. The normalized spacial score (nSPS) is 15.2. The predicted octanol–water partition coefficient (Wildman–Crippen LogP) is 3.85. The van der Waals surface area contributed by atoms with Gasteiger partial charge in [-0.25, -0.2) is 8.42 Å². The lowest BCUT2D eigenvalue weighted by Crippen LogP contribution is -2.40. The van der Waals surface area contributed by atoms with Gasteiger partial charge < -0.3 is 9.47 Å². The van der Waals surface area contributed by atoms with Crippen molar-refractivity contribution in [2.24, 2.45) is 0 Å². The van der Waals surface area contributed by atoms with E-state index in [1.54, 1.807) is 37.1 Å². The number of morpholine rings is 1. The van der Waals surface area contributed by atoms with Crippen molar-refractivity contribution in [1.29, 1.82) is 0 Å². The van der Waals surface area contributed by atoms with Crippen LogP contribution in [0.1, 0.15) is 25.5 Å². The van der Waals surface area contributed by atoms with E-state index in [1.807, 2.05) is 30.3 Å². The standard InChI is InChI=1S/C23H28N4O4S2/c1-17(2)27-22(19-7-9-20(30-3)10-8-19)24-25-23(27)32-16-18-5-4-6-21(15-18)33(28,29)26-11-13-31-14-12-26/h4-10,15,17H,11-14,16H2,1-3H3. The Morgan fingerprint density at radius 3 is 2.48 bits per heavy atom. The molecule has 1 saturated heterocycles. The summed E-state index contributed by atoms with van der Waals surface area (Å²) < 4.78 is 40.1. The van der Waals surface area contributed by atoms with E-state index in [-0.39, 0.29) is 6.04 Å². The lowest BCUT2D eigenvalue weighted by Gasteiger charge is -2.26. The summed E-state index contributed by atoms with van der Waals surface area (Å²) in [5.41, 5.74) is 1.88. The highest BCUT2D eigenvalue weighted by molar-refractivity contribution is 7.98. The smallest absolute Gasteiger partial charge is 0.243 e. The fraction of sp³-hybridized carbons (Fsp3) is 0.391. The SMILES string of the molecule is COc1ccc(-c2nnc(SCc3cccc(S(=O)(=O)N4CCOCC4)c3)n2C(C)C)cc1. The number of benzene rings is 2. The van der Waals surface area contributed by atoms with E-state index in [0.717, 1.165) is 27.9 Å². The fourth-order valence-electron chi connectivity index (χ4n) is 3.66. The van der Waals surface area contributed by atoms with Crippen LogP contribution < -0.4 is 4.74 Å². The lowest BCUT2D eigenvalue weighted by atomic mass is 10.2. The maximum atomic E-state index is 13.0. The zero-order valence-electron chi connectivity index (χ0n) is 19.0. The number of hydrogen-bond acceptors (Lipinski definition) is 7. The first-order valence-electron chi connectivity index (χ1n) is 10.8. The molecule has 0 saturated carbocycles. The first-order chi connectivity index (χ1) is 15.9. The quantitative estimate of drug-likeness (QED) is 0.445. The molecule has 1 aromatic heterocycles. The number of aromatic nitrogens is 3. The second-order valence-corrected chi connectivity index (χ2v) is 10.8. The van der Waals surface area contributed by atoms with E-state index in [0.29, 0.717) is 37.0 Å². The summed E-state index contributed by atoms with van der Waals surface area (Å²) in [6.45, 7) is 5.80. The molecule has 0 radical (unpaired) electrons. The molecular formula is C23H28N4O4S2. The lowest BCUT2D eigenvalue weighted by molar-refractivity contribution is 0.0730. The summed E-state index contributed by atoms with van der Waals surface area (Å²) in [6.07, 6.45) is 0. The highest BCUT2D eigenvalue weighted by atomic mass is 32.2. The number of sulfonamides is 1. The predicted molar refractivity (Wildman–Crippen MR) is 128 cm³/mol. The van der Waals surface area contributed by atoms with Gasteiger partial charge in [0.15, 0.2) is 11.0 Å². The summed E-state index contributed by atoms with van der Waals surface area (Å²) in [6, 6.07) is 15.0. The topological polar surface area (TPSA) is 86.6 Å². The Morgan fingerprint density at radius 1 is 1.09 bits per heavy atom. The molecule has 4 rings (SSSR count). The van der Waals surface area contributed by atoms with Gasteiger partial charge in [0.2, 0.25) is 10.0 Å². The van der Waals surface area contributed by atoms with Gasteiger partial charge in [0.1, 0.15) is 5.75 Å². The first-order valence-corrected chi connectivity index (χ1v) is 13.2. The van der Waals surface area contributed by atoms with Crippen molar-refractivity contribution < 1.29 is 17.9 Å². The summed E-state index contributed by atoms with van der Waals surface area (Å²) in [4.78, 5) is 0.312. The molecule has 1 aliphatic heterocycles. The van der Waals surface area contributed by atoms with Crippen molar-refractivity contribution >= 4 is 21.8 Å². The van der Waals surface area contributed by atoms with Gasteiger partial charge in [0.05, 0.1) is 25.2 Å². The molecular weight excluding hydrogens is 460 g/mol. The van der Waals surface area contributed by atoms with E-state index in [1.165, 1.54) is 4.31 Å². The van der Waals surface area contributed by atoms with Gasteiger partial charge >= 0.3 is 0 Å². The van der Waals surface area contributed by atoms with Crippen molar-refractivity contribution in [3.8, 4) is 17.1 Å². The van der Waals surface area contributed by atoms with Crippen molar-refractivity contribution in [2.45, 2.75) is 35.7 Å². The van der Waals surface area contributed by atoms with E-state index >= 15 is 0 Å². The van der Waals surface area contributed by atoms with Gasteiger partial charge in [-0.1, -0.05) is 23.9 Å². The number of rotatable bonds is 8. The molecule has 2 aromatic carbocycles. The van der Waals surface area contributed by atoms with Crippen molar-refractivity contribution in [3.63, 3.8) is 0 Å². The summed E-state index contributed by atoms with van der Waals surface area (Å²) in [5.74, 6) is 2.16. The van der Waals surface area contributed by atoms with E-state index in [4.69, 9.17) is 9.47 Å². The Morgan fingerprint density at radius 2 is 1.82 bits per heavy atom. The Balaban J connectivity index is 1.53. The Hall–Kier alpha value is -2.40. The van der Waals surface area contributed by atoms with Gasteiger partial charge in [-0.05, 0) is 55.8 Å². The van der Waals surface area contributed by atoms with E-state index in [9.17, 15) is 8.42 Å². The van der Waals surface area contributed by atoms with Crippen molar-refractivity contribution in [2.75, 3.05) is 33.4 Å². The minimum absolute atomic E-state index is 0.160. The third-order valence-corrected chi connectivity index (χ3v) is 8.31. The van der Waals surface area contributed by atoms with Crippen LogP contribution in [-0.4, -0.2) is 60.9 Å². The highest BCUT2D eigenvalue weighted by Crippen LogP contribution is 2.31. The second kappa shape index (κ2) is 10.3. The van der Waals surface area contributed by atoms with Crippen LogP contribution in [0.2, 0.25) is 0 Å². The van der Waals surface area contributed by atoms with Gasteiger partial charge in [-0.3, -0.25) is 4.57 Å². The molecule has 0 aliphatic carbocycles. The zero-order valence-corrected chi connectivity index (χ0v) is 20.6. The summed E-state index contributed by atoms with van der Waals surface area (Å²) in [7, 11) is -1.89. The minimum Gasteiger partial charge on any atom is -0.497 e. The number of hydrogen-bond donors (Lipinski definition) is 0. The molecule has 1 aliphatic rings. The van der Waals surface area contributed by atoms with Gasteiger partial charge in [0.25, 0.3) is 0 Å². The highest BCUT2D eigenvalue weighted by Gasteiger charge is 2.26. The van der Waals surface area contributed by atoms with Gasteiger partial charge in [-0.15, -0.1) is 10.2 Å². The molecule has 10 heteroatoms. The molecule has 8 nitrogen and oxygen atoms in total. The molecule has 0 unspecified atom stereocenters. The van der Waals surface area contributed by atoms with Crippen LogP contribution in [-0.2, 0) is 20.5 Å². The molecule has 1 fully saturated rings. The third kappa shape index (κ3) is 5.24. The molecule has 0 spiro atoms. The maximum Gasteiger partial charge on any atom is 0.243 e. The molecule has 0 amide bonds. The number of methoxy groups -OCH3 is 1. The van der Waals surface area contributed by atoms with Crippen LogP contribution in [0.3, 0.4) is 0 Å². The van der Waals surface area contributed by atoms with Crippen LogP contribution >= 0.6 is 11.8 Å². The Labute approximate surface area is 199 Å². The van der Waals surface area contributed by atoms with Crippen molar-refractivity contribution in [1.82, 2.24) is 19.1 Å².